The van der Waals surface area contributed by atoms with E-state index in [1.165, 1.54) is 0 Å². The predicted molar refractivity (Wildman–Crippen MR) is 122 cm³/mol. The van der Waals surface area contributed by atoms with Gasteiger partial charge in [-0.1, -0.05) is 19.1 Å². The molecule has 1 aromatic rings. The number of allylic oxidation sites excluding steroid dienone is 5. The molecular weight excluding hydrogens is 404 g/mol. The average molecular weight is 438 g/mol. The first kappa shape index (κ1) is 23.4. The summed E-state index contributed by atoms with van der Waals surface area (Å²) in [4.78, 5) is 43.1. The Labute approximate surface area is 190 Å². The third kappa shape index (κ3) is 4.52. The van der Waals surface area contributed by atoms with E-state index in [4.69, 9.17) is 0 Å². The van der Waals surface area contributed by atoms with Gasteiger partial charge in [-0.25, -0.2) is 9.13 Å². The molecule has 1 aromatic heterocycles. The third-order valence-electron chi connectivity index (χ3n) is 6.28. The van der Waals surface area contributed by atoms with Gasteiger partial charge in [0.15, 0.2) is 0 Å². The summed E-state index contributed by atoms with van der Waals surface area (Å²) in [5, 5.41) is 0. The van der Waals surface area contributed by atoms with Gasteiger partial charge in [0.05, 0.1) is 14.1 Å². The molecule has 1 atom stereocenters. The lowest BCUT2D eigenvalue weighted by Crippen LogP contribution is -2.47. The molecule has 0 unspecified atom stereocenters. The molecule has 2 aliphatic rings. The fourth-order valence-corrected chi connectivity index (χ4v) is 4.28. The lowest BCUT2D eigenvalue weighted by Gasteiger charge is -2.33. The molecule has 0 radical (unpaired) electrons. The summed E-state index contributed by atoms with van der Waals surface area (Å²) in [5.41, 5.74) is 2.00. The first-order valence-corrected chi connectivity index (χ1v) is 11.2. The molecular formula is C25H33N4O3+. The van der Waals surface area contributed by atoms with E-state index < -0.39 is 0 Å². The summed E-state index contributed by atoms with van der Waals surface area (Å²) in [5.74, 6) is -0.303. The first-order chi connectivity index (χ1) is 15.3. The van der Waals surface area contributed by atoms with Crippen LogP contribution in [-0.4, -0.2) is 45.1 Å². The highest BCUT2D eigenvalue weighted by molar-refractivity contribution is 6.19. The predicted octanol–water partition coefficient (Wildman–Crippen LogP) is 2.81. The van der Waals surface area contributed by atoms with E-state index in [1.54, 1.807) is 35.1 Å². The van der Waals surface area contributed by atoms with Crippen LogP contribution in [-0.2, 0) is 23.7 Å². The van der Waals surface area contributed by atoms with E-state index in [-0.39, 0.29) is 29.1 Å². The van der Waals surface area contributed by atoms with E-state index >= 15 is 0 Å². The Bertz CT molecular complexity index is 1020. The van der Waals surface area contributed by atoms with Crippen molar-refractivity contribution in [3.63, 3.8) is 0 Å². The van der Waals surface area contributed by atoms with Crippen LogP contribution >= 0.6 is 0 Å². The zero-order valence-corrected chi connectivity index (χ0v) is 19.7. The Morgan fingerprint density at radius 2 is 1.97 bits per heavy atom. The number of imidazole rings is 1. The average Bonchev–Trinajstić information content (AvgIpc) is 3.16. The van der Waals surface area contributed by atoms with Crippen molar-refractivity contribution in [2.24, 2.45) is 20.0 Å². The van der Waals surface area contributed by atoms with Crippen molar-refractivity contribution < 1.29 is 19.0 Å². The number of hydrogen-bond donors (Lipinski definition) is 0. The normalized spacial score (nSPS) is 20.5. The van der Waals surface area contributed by atoms with Crippen LogP contribution in [0, 0.1) is 5.92 Å². The van der Waals surface area contributed by atoms with Gasteiger partial charge in [-0.05, 0) is 50.8 Å². The highest BCUT2D eigenvalue weighted by Gasteiger charge is 2.36. The number of hydrogen-bond acceptors (Lipinski definition) is 3. The molecule has 1 saturated heterocycles. The van der Waals surface area contributed by atoms with E-state index in [1.807, 2.05) is 61.6 Å². The van der Waals surface area contributed by atoms with Crippen LogP contribution < -0.4 is 4.57 Å². The smallest absolute Gasteiger partial charge is 0.325 e. The van der Waals surface area contributed by atoms with Crippen LogP contribution in [0.2, 0.25) is 0 Å². The molecule has 0 spiro atoms. The van der Waals surface area contributed by atoms with Gasteiger partial charge in [0, 0.05) is 30.9 Å². The SMILES string of the molecule is C/C=C(/C(=O)N1CCC[C@@H](C(=O)c2n(C)cc[n+]2C)C1)C(=O)N1C=CC=CC1=C(C)CC. The number of amides is 2. The topological polar surface area (TPSA) is 66.5 Å². The molecule has 2 aliphatic heterocycles. The van der Waals surface area contributed by atoms with Crippen LogP contribution in [0.25, 0.3) is 0 Å². The maximum atomic E-state index is 13.4. The van der Waals surface area contributed by atoms with E-state index in [2.05, 4.69) is 0 Å². The number of nitrogens with zero attached hydrogens (tertiary/aromatic N) is 4. The van der Waals surface area contributed by atoms with Crippen molar-refractivity contribution in [2.45, 2.75) is 40.0 Å². The van der Waals surface area contributed by atoms with Gasteiger partial charge in [0.1, 0.15) is 18.0 Å². The number of ketones is 1. The minimum absolute atomic E-state index is 0.0266. The molecule has 0 aliphatic carbocycles. The van der Waals surface area contributed by atoms with Crippen LogP contribution in [0.5, 0.6) is 0 Å². The minimum Gasteiger partial charge on any atom is -0.338 e. The summed E-state index contributed by atoms with van der Waals surface area (Å²) in [6.07, 6.45) is 14.8. The number of likely N-dealkylation sites (tertiary alicyclic amines) is 1. The van der Waals surface area contributed by atoms with Gasteiger partial charge in [0.2, 0.25) is 5.78 Å². The Morgan fingerprint density at radius 3 is 2.59 bits per heavy atom. The number of aromatic nitrogens is 2. The van der Waals surface area contributed by atoms with Crippen molar-refractivity contribution >= 4 is 17.6 Å². The lowest BCUT2D eigenvalue weighted by atomic mass is 9.92. The fraction of sp³-hybridized carbons (Fsp3) is 0.440. The van der Waals surface area contributed by atoms with E-state index in [0.717, 1.165) is 30.5 Å². The molecule has 170 valence electrons. The first-order valence-electron chi connectivity index (χ1n) is 11.2. The molecule has 0 saturated carbocycles. The van der Waals surface area contributed by atoms with Gasteiger partial charge < -0.3 is 4.90 Å². The highest BCUT2D eigenvalue weighted by atomic mass is 16.2. The van der Waals surface area contributed by atoms with Gasteiger partial charge in [-0.2, -0.15) is 0 Å². The number of aryl methyl sites for hydroxylation is 2. The fourth-order valence-electron chi connectivity index (χ4n) is 4.28. The lowest BCUT2D eigenvalue weighted by molar-refractivity contribution is -0.673. The van der Waals surface area contributed by atoms with Gasteiger partial charge in [-0.15, -0.1) is 0 Å². The maximum Gasteiger partial charge on any atom is 0.325 e. The van der Waals surface area contributed by atoms with Crippen LogP contribution in [0.4, 0.5) is 0 Å². The third-order valence-corrected chi connectivity index (χ3v) is 6.28. The summed E-state index contributed by atoms with van der Waals surface area (Å²) in [6, 6.07) is 0. The highest BCUT2D eigenvalue weighted by Crippen LogP contribution is 2.25. The van der Waals surface area contributed by atoms with Gasteiger partial charge >= 0.3 is 5.82 Å². The van der Waals surface area contributed by atoms with Gasteiger partial charge in [0.25, 0.3) is 11.8 Å². The monoisotopic (exact) mass is 437 g/mol. The summed E-state index contributed by atoms with van der Waals surface area (Å²) in [7, 11) is 3.69. The van der Waals surface area contributed by atoms with Crippen molar-refractivity contribution in [2.75, 3.05) is 13.1 Å². The Kier molecular flexibility index (Phi) is 7.28. The summed E-state index contributed by atoms with van der Waals surface area (Å²) < 4.78 is 3.62. The Hall–Kier alpha value is -3.22. The minimum atomic E-state index is -0.344. The Balaban J connectivity index is 1.79. The molecule has 1 fully saturated rings. The molecule has 0 aromatic carbocycles. The molecule has 2 amide bonds. The van der Waals surface area contributed by atoms with Crippen molar-refractivity contribution in [3.8, 4) is 0 Å². The zero-order valence-electron chi connectivity index (χ0n) is 19.7. The second kappa shape index (κ2) is 9.94. The zero-order chi connectivity index (χ0) is 23.4. The standard InChI is InChI=1S/C25H33N4O3/c1-6-18(3)21-12-8-9-14-29(21)25(32)20(7-2)24(31)28-13-10-11-19(17-28)22(30)23-26(4)15-16-27(23)5/h7-9,12,14-16,19H,6,10-11,13,17H2,1-5H3/q+1/b20-7-,21-18?/t19-/m1/s1. The maximum absolute atomic E-state index is 13.4. The summed E-state index contributed by atoms with van der Waals surface area (Å²) >= 11 is 0. The van der Waals surface area contributed by atoms with Crippen LogP contribution in [0.15, 0.2) is 59.7 Å². The molecule has 7 heteroatoms. The van der Waals surface area contributed by atoms with Crippen LogP contribution in [0.1, 0.15) is 50.7 Å². The largest absolute Gasteiger partial charge is 0.338 e. The second-order valence-electron chi connectivity index (χ2n) is 8.40. The summed E-state index contributed by atoms with van der Waals surface area (Å²) in [6.45, 7) is 6.59. The van der Waals surface area contributed by atoms with Crippen molar-refractivity contribution in [1.82, 2.24) is 14.4 Å². The molecule has 32 heavy (non-hydrogen) atoms. The molecule has 0 N–H and O–H groups in total. The molecule has 3 heterocycles. The second-order valence-corrected chi connectivity index (χ2v) is 8.40. The number of Topliss-reactive ketones (excluding diaryl/α,β-unsaturated/α-hetero) is 1. The molecule has 7 nitrogen and oxygen atoms in total. The molecule has 3 rings (SSSR count). The number of carbonyl (C=O) groups excluding carboxylic acids is 3. The molecule has 0 bridgehead atoms. The van der Waals surface area contributed by atoms with Crippen molar-refractivity contribution in [1.29, 1.82) is 0 Å². The number of carbonyl (C=O) groups is 3. The van der Waals surface area contributed by atoms with Crippen molar-refractivity contribution in [3.05, 3.63) is 65.6 Å². The number of rotatable bonds is 5. The quantitative estimate of drug-likeness (QED) is 0.234. The van der Waals surface area contributed by atoms with Crippen LogP contribution in [0.3, 0.4) is 0 Å². The van der Waals surface area contributed by atoms with E-state index in [0.29, 0.717) is 18.9 Å². The Morgan fingerprint density at radius 1 is 1.22 bits per heavy atom. The van der Waals surface area contributed by atoms with E-state index in [9.17, 15) is 14.4 Å². The van der Waals surface area contributed by atoms with Gasteiger partial charge in [-0.3, -0.25) is 19.3 Å². The number of piperidine rings is 1.